The van der Waals surface area contributed by atoms with Gasteiger partial charge in [0, 0.05) is 24.7 Å². The van der Waals surface area contributed by atoms with Crippen LogP contribution >= 0.6 is 0 Å². The quantitative estimate of drug-likeness (QED) is 0.189. The van der Waals surface area contributed by atoms with Crippen molar-refractivity contribution in [2.45, 2.75) is 129 Å². The molecule has 0 aliphatic heterocycles. The van der Waals surface area contributed by atoms with Crippen LogP contribution in [0.1, 0.15) is 124 Å². The van der Waals surface area contributed by atoms with Crippen molar-refractivity contribution in [2.24, 2.45) is 5.73 Å². The number of carbonyl (C=O) groups excluding carboxylic acids is 1. The molecule has 166 valence electrons. The van der Waals surface area contributed by atoms with Gasteiger partial charge in [0.15, 0.2) is 0 Å². The van der Waals surface area contributed by atoms with Gasteiger partial charge in [0.1, 0.15) is 0 Å². The van der Waals surface area contributed by atoms with Crippen LogP contribution < -0.4 is 5.73 Å². The number of nitrogens with zero attached hydrogens (tertiary/aromatic N) is 1. The molecule has 0 saturated heterocycles. The van der Waals surface area contributed by atoms with Crippen LogP contribution in [0.2, 0.25) is 0 Å². The van der Waals surface area contributed by atoms with Crippen molar-refractivity contribution >= 4 is 5.91 Å². The van der Waals surface area contributed by atoms with Gasteiger partial charge in [-0.2, -0.15) is 0 Å². The Balaban J connectivity index is 3.63. The highest BCUT2D eigenvalue weighted by Gasteiger charge is 2.28. The molecule has 0 fully saturated rings. The molecule has 1 amide bonds. The highest BCUT2D eigenvalue weighted by Crippen LogP contribution is 2.22. The Kier molecular flexibility index (Phi) is 16.6. The fourth-order valence-corrected chi connectivity index (χ4v) is 3.75. The molecule has 1 unspecified atom stereocenters. The van der Waals surface area contributed by atoms with Gasteiger partial charge >= 0.3 is 0 Å². The van der Waals surface area contributed by atoms with Crippen LogP contribution in [0, 0.1) is 0 Å². The predicted octanol–water partition coefficient (Wildman–Crippen LogP) is 7.00. The minimum atomic E-state index is -0.587. The second-order valence-electron chi connectivity index (χ2n) is 8.97. The number of likely N-dealkylation sites (N-methyl/N-ethyl adjacent to an activating group) is 1. The molecule has 2 N–H and O–H groups in total. The zero-order valence-electron chi connectivity index (χ0n) is 19.7. The van der Waals surface area contributed by atoms with Crippen LogP contribution in [0.15, 0.2) is 12.2 Å². The predicted molar refractivity (Wildman–Crippen MR) is 125 cm³/mol. The molecule has 3 nitrogen and oxygen atoms in total. The Morgan fingerprint density at radius 2 is 1.18 bits per heavy atom. The van der Waals surface area contributed by atoms with E-state index in [1.54, 1.807) is 4.90 Å². The summed E-state index contributed by atoms with van der Waals surface area (Å²) in [5, 5.41) is 0. The first-order chi connectivity index (χ1) is 13.4. The maximum Gasteiger partial charge on any atom is 0.250 e. The molecule has 0 spiro atoms. The molecule has 0 aromatic rings. The first-order valence-corrected chi connectivity index (χ1v) is 12.1. The molecule has 0 aromatic carbocycles. The third kappa shape index (κ3) is 13.4. The number of amides is 1. The third-order valence-electron chi connectivity index (χ3n) is 5.90. The molecule has 1 atom stereocenters. The average molecular weight is 395 g/mol. The van der Waals surface area contributed by atoms with Crippen LogP contribution in [0.3, 0.4) is 0 Å². The Morgan fingerprint density at radius 1 is 0.786 bits per heavy atom. The van der Waals surface area contributed by atoms with Gasteiger partial charge < -0.3 is 10.6 Å². The Labute approximate surface area is 176 Å². The minimum absolute atomic E-state index is 0.00258. The standard InChI is InChI=1S/C25H50N2O/c1-6-8-9-10-11-12-13-14-15-16-17-18-19-20-21-25(4,26)23(3)24(28)27(5)22-7-2/h3,6-22,26H2,1-2,4-5H3. The van der Waals surface area contributed by atoms with E-state index in [0.717, 1.165) is 25.8 Å². The number of rotatable bonds is 19. The molecule has 0 saturated carbocycles. The van der Waals surface area contributed by atoms with Crippen molar-refractivity contribution in [2.75, 3.05) is 13.6 Å². The van der Waals surface area contributed by atoms with E-state index in [9.17, 15) is 4.79 Å². The van der Waals surface area contributed by atoms with Gasteiger partial charge in [-0.15, -0.1) is 0 Å². The molecule has 0 aromatic heterocycles. The number of unbranched alkanes of at least 4 members (excludes halogenated alkanes) is 13. The first-order valence-electron chi connectivity index (χ1n) is 12.1. The first kappa shape index (κ1) is 27.2. The highest BCUT2D eigenvalue weighted by molar-refractivity contribution is 5.94. The van der Waals surface area contributed by atoms with Crippen LogP contribution in [-0.4, -0.2) is 29.9 Å². The second kappa shape index (κ2) is 17.1. The van der Waals surface area contributed by atoms with Gasteiger partial charge in [0.2, 0.25) is 0 Å². The highest BCUT2D eigenvalue weighted by atomic mass is 16.2. The van der Waals surface area contributed by atoms with Crippen molar-refractivity contribution in [3.63, 3.8) is 0 Å². The number of carbonyl (C=O) groups is 1. The van der Waals surface area contributed by atoms with Crippen LogP contribution in [0.5, 0.6) is 0 Å². The summed E-state index contributed by atoms with van der Waals surface area (Å²) in [5.74, 6) is -0.00258. The van der Waals surface area contributed by atoms with E-state index in [-0.39, 0.29) is 5.91 Å². The monoisotopic (exact) mass is 394 g/mol. The largest absolute Gasteiger partial charge is 0.342 e. The van der Waals surface area contributed by atoms with Crippen LogP contribution in [0.25, 0.3) is 0 Å². The van der Waals surface area contributed by atoms with Gasteiger partial charge in [-0.25, -0.2) is 0 Å². The third-order valence-corrected chi connectivity index (χ3v) is 5.90. The number of hydrogen-bond donors (Lipinski definition) is 1. The summed E-state index contributed by atoms with van der Waals surface area (Å²) in [6.07, 6.45) is 20.7. The fourth-order valence-electron chi connectivity index (χ4n) is 3.75. The van der Waals surface area contributed by atoms with Crippen molar-refractivity contribution in [1.29, 1.82) is 0 Å². The Bertz CT molecular complexity index is 403. The van der Waals surface area contributed by atoms with Gasteiger partial charge in [-0.3, -0.25) is 4.79 Å². The number of nitrogens with two attached hydrogens (primary N) is 1. The summed E-state index contributed by atoms with van der Waals surface area (Å²) in [7, 11) is 1.83. The van der Waals surface area contributed by atoms with Crippen molar-refractivity contribution in [3.05, 3.63) is 12.2 Å². The minimum Gasteiger partial charge on any atom is -0.342 e. The normalized spacial score (nSPS) is 13.3. The number of hydrogen-bond acceptors (Lipinski definition) is 2. The van der Waals surface area contributed by atoms with Gasteiger partial charge in [-0.1, -0.05) is 110 Å². The Morgan fingerprint density at radius 3 is 1.57 bits per heavy atom. The molecular weight excluding hydrogens is 344 g/mol. The van der Waals surface area contributed by atoms with E-state index in [1.807, 2.05) is 14.0 Å². The topological polar surface area (TPSA) is 46.3 Å². The van der Waals surface area contributed by atoms with Crippen molar-refractivity contribution in [3.8, 4) is 0 Å². The molecule has 0 rings (SSSR count). The molecule has 0 bridgehead atoms. The summed E-state index contributed by atoms with van der Waals surface area (Å²) >= 11 is 0. The van der Waals surface area contributed by atoms with Crippen molar-refractivity contribution in [1.82, 2.24) is 4.90 Å². The summed E-state index contributed by atoms with van der Waals surface area (Å²) in [6.45, 7) is 11.1. The Hall–Kier alpha value is -0.830. The molecule has 3 heteroatoms. The maximum absolute atomic E-state index is 12.4. The maximum atomic E-state index is 12.4. The SMILES string of the molecule is C=C(C(=O)N(C)CCC)C(C)(N)CCCCCCCCCCCCCCCC. The van der Waals surface area contributed by atoms with E-state index in [0.29, 0.717) is 5.57 Å². The van der Waals surface area contributed by atoms with Gasteiger partial charge in [0.25, 0.3) is 5.91 Å². The smallest absolute Gasteiger partial charge is 0.250 e. The average Bonchev–Trinajstić information content (AvgIpc) is 2.67. The summed E-state index contributed by atoms with van der Waals surface area (Å²) < 4.78 is 0. The van der Waals surface area contributed by atoms with Crippen molar-refractivity contribution < 1.29 is 4.79 Å². The molecule has 28 heavy (non-hydrogen) atoms. The fraction of sp³-hybridized carbons (Fsp3) is 0.880. The molecule has 0 aliphatic carbocycles. The van der Waals surface area contributed by atoms with Crippen LogP contribution in [-0.2, 0) is 4.79 Å². The van der Waals surface area contributed by atoms with E-state index in [2.05, 4.69) is 20.4 Å². The summed E-state index contributed by atoms with van der Waals surface area (Å²) in [6, 6.07) is 0. The lowest BCUT2D eigenvalue weighted by Gasteiger charge is -2.29. The molecule has 0 radical (unpaired) electrons. The lowest BCUT2D eigenvalue weighted by Crippen LogP contribution is -2.44. The lowest BCUT2D eigenvalue weighted by molar-refractivity contribution is -0.126. The zero-order valence-corrected chi connectivity index (χ0v) is 19.7. The van der Waals surface area contributed by atoms with Gasteiger partial charge in [0.05, 0.1) is 0 Å². The van der Waals surface area contributed by atoms with E-state index in [1.165, 1.54) is 83.5 Å². The summed E-state index contributed by atoms with van der Waals surface area (Å²) in [4.78, 5) is 14.1. The van der Waals surface area contributed by atoms with Gasteiger partial charge in [-0.05, 0) is 19.8 Å². The van der Waals surface area contributed by atoms with E-state index >= 15 is 0 Å². The molecular formula is C25H50N2O. The lowest BCUT2D eigenvalue weighted by atomic mass is 9.87. The van der Waals surface area contributed by atoms with E-state index in [4.69, 9.17) is 5.73 Å². The molecule has 0 aliphatic rings. The summed E-state index contributed by atoms with van der Waals surface area (Å²) in [5.41, 5.74) is 6.36. The molecule has 0 heterocycles. The van der Waals surface area contributed by atoms with Crippen LogP contribution in [0.4, 0.5) is 0 Å². The van der Waals surface area contributed by atoms with E-state index < -0.39 is 5.54 Å². The zero-order chi connectivity index (χ0) is 21.3. The second-order valence-corrected chi connectivity index (χ2v) is 8.97.